The van der Waals surface area contributed by atoms with E-state index in [0.717, 1.165) is 29.2 Å². The van der Waals surface area contributed by atoms with Crippen LogP contribution in [0, 0.1) is 5.92 Å². The smallest absolute Gasteiger partial charge is 0.412 e. The fourth-order valence-electron chi connectivity index (χ4n) is 3.18. The summed E-state index contributed by atoms with van der Waals surface area (Å²) in [5.74, 6) is -0.283. The number of benzene rings is 2. The molecule has 0 saturated carbocycles. The molecule has 2 heterocycles. The van der Waals surface area contributed by atoms with Gasteiger partial charge in [0.2, 0.25) is 0 Å². The molecule has 0 unspecified atom stereocenters. The first kappa shape index (κ1) is 19.7. The van der Waals surface area contributed by atoms with E-state index < -0.39 is 11.7 Å². The zero-order chi connectivity index (χ0) is 19.3. The number of anilines is 3. The van der Waals surface area contributed by atoms with Gasteiger partial charge >= 0.3 is 6.18 Å². The van der Waals surface area contributed by atoms with Gasteiger partial charge in [-0.05, 0) is 42.3 Å². The molecule has 0 aromatic heterocycles. The molecule has 4 N–H and O–H groups in total. The second-order valence-corrected chi connectivity index (χ2v) is 6.68. The number of fused-ring (bicyclic) bond motifs is 3. The molecule has 0 aliphatic carbocycles. The predicted molar refractivity (Wildman–Crippen MR) is 100 cm³/mol. The lowest BCUT2D eigenvalue weighted by atomic mass is 10.0. The summed E-state index contributed by atoms with van der Waals surface area (Å²) in [7, 11) is 0. The average molecular weight is 392 g/mol. The van der Waals surface area contributed by atoms with E-state index in [1.165, 1.54) is 17.1 Å². The summed E-state index contributed by atoms with van der Waals surface area (Å²) in [6, 6.07) is 12.0. The molecule has 0 bridgehead atoms. The molecule has 2 aromatic carbocycles. The number of hydrogen-bond acceptors (Lipinski definition) is 4. The maximum Gasteiger partial charge on any atom is 0.416 e. The van der Waals surface area contributed by atoms with Crippen molar-refractivity contribution >= 4 is 23.0 Å². The zero-order valence-electron chi connectivity index (χ0n) is 15.1. The van der Waals surface area contributed by atoms with Crippen molar-refractivity contribution in [1.29, 1.82) is 0 Å². The number of amides is 1. The maximum atomic E-state index is 13.0. The normalized spacial score (nSPS) is 16.0. The molecule has 1 amide bonds. The molecule has 0 radical (unpaired) electrons. The third-order valence-electron chi connectivity index (χ3n) is 4.53. The molecule has 9 heteroatoms. The third-order valence-corrected chi connectivity index (χ3v) is 4.53. The zero-order valence-corrected chi connectivity index (χ0v) is 15.1. The van der Waals surface area contributed by atoms with Crippen LogP contribution in [0.3, 0.4) is 0 Å². The standard InChI is InChI=1S/C19H17F3N4O.H2O/c1-11(2)16-17-18(27)25(13-9-7-12(8-10-13)19(20,21)22)24-26(17)15-6-4-3-5-14(15)23-16;/h3-11,23-24H,1-2H3;1H2. The van der Waals surface area contributed by atoms with Gasteiger partial charge < -0.3 is 10.8 Å². The Morgan fingerprint density at radius 1 is 0.964 bits per heavy atom. The maximum absolute atomic E-state index is 13.0. The summed E-state index contributed by atoms with van der Waals surface area (Å²) in [5.41, 5.74) is 5.36. The second-order valence-electron chi connectivity index (χ2n) is 6.68. The Morgan fingerprint density at radius 2 is 1.61 bits per heavy atom. The van der Waals surface area contributed by atoms with E-state index in [-0.39, 0.29) is 17.3 Å². The van der Waals surface area contributed by atoms with E-state index in [1.54, 1.807) is 5.01 Å². The molecule has 2 aliphatic rings. The number of allylic oxidation sites excluding steroid dienone is 1. The lowest BCUT2D eigenvalue weighted by Crippen LogP contribution is -2.41. The summed E-state index contributed by atoms with van der Waals surface area (Å²) < 4.78 is 38.4. The van der Waals surface area contributed by atoms with E-state index in [9.17, 15) is 18.0 Å². The monoisotopic (exact) mass is 392 g/mol. The van der Waals surface area contributed by atoms with Crippen LogP contribution >= 0.6 is 0 Å². The van der Waals surface area contributed by atoms with Gasteiger partial charge in [0.1, 0.15) is 5.70 Å². The third kappa shape index (κ3) is 3.08. The number of nitrogens with one attached hydrogen (secondary N) is 2. The van der Waals surface area contributed by atoms with Gasteiger partial charge in [0.05, 0.1) is 22.6 Å². The average Bonchev–Trinajstić information content (AvgIpc) is 2.98. The quantitative estimate of drug-likeness (QED) is 0.821. The molecule has 28 heavy (non-hydrogen) atoms. The number of carbonyl (C=O) groups excluding carboxylic acids is 1. The van der Waals surface area contributed by atoms with Gasteiger partial charge in [-0.25, -0.2) is 10.0 Å². The van der Waals surface area contributed by atoms with E-state index in [2.05, 4.69) is 10.9 Å². The van der Waals surface area contributed by atoms with Crippen LogP contribution < -0.4 is 20.9 Å². The number of carbonyl (C=O) groups is 1. The number of nitrogens with zero attached hydrogens (tertiary/aromatic N) is 2. The largest absolute Gasteiger partial charge is 0.416 e. The molecular weight excluding hydrogens is 373 g/mol. The fraction of sp³-hybridized carbons (Fsp3) is 0.211. The van der Waals surface area contributed by atoms with Crippen LogP contribution in [0.1, 0.15) is 19.4 Å². The molecule has 6 nitrogen and oxygen atoms in total. The van der Waals surface area contributed by atoms with Crippen molar-refractivity contribution in [2.45, 2.75) is 20.0 Å². The molecule has 2 aromatic rings. The Morgan fingerprint density at radius 3 is 2.21 bits per heavy atom. The fourth-order valence-corrected chi connectivity index (χ4v) is 3.18. The van der Waals surface area contributed by atoms with Crippen LogP contribution in [0.2, 0.25) is 0 Å². The first-order valence-corrected chi connectivity index (χ1v) is 8.45. The summed E-state index contributed by atoms with van der Waals surface area (Å²) in [4.78, 5) is 13.0. The van der Waals surface area contributed by atoms with Crippen LogP contribution in [0.5, 0.6) is 0 Å². The highest BCUT2D eigenvalue weighted by Gasteiger charge is 2.41. The number of para-hydroxylation sites is 2. The second kappa shape index (κ2) is 6.84. The minimum Gasteiger partial charge on any atom is -0.412 e. The molecule has 1 fully saturated rings. The predicted octanol–water partition coefficient (Wildman–Crippen LogP) is 3.45. The molecule has 0 spiro atoms. The Labute approximate surface area is 159 Å². The van der Waals surface area contributed by atoms with Gasteiger partial charge in [-0.1, -0.05) is 26.0 Å². The Hall–Kier alpha value is -3.04. The van der Waals surface area contributed by atoms with E-state index in [0.29, 0.717) is 11.4 Å². The molecule has 1 saturated heterocycles. The van der Waals surface area contributed by atoms with E-state index in [4.69, 9.17) is 0 Å². The Bertz CT molecular complexity index is 939. The van der Waals surface area contributed by atoms with Crippen LogP contribution in [-0.4, -0.2) is 11.4 Å². The molecule has 4 rings (SSSR count). The molecular formula is C19H19F3N4O2. The lowest BCUT2D eigenvalue weighted by molar-refractivity contribution is -0.137. The summed E-state index contributed by atoms with van der Waals surface area (Å²) in [6.07, 6.45) is -4.42. The molecule has 2 aliphatic heterocycles. The van der Waals surface area contributed by atoms with Crippen molar-refractivity contribution in [3.8, 4) is 0 Å². The van der Waals surface area contributed by atoms with Gasteiger partial charge in [-0.3, -0.25) is 4.79 Å². The minimum atomic E-state index is -4.42. The van der Waals surface area contributed by atoms with Gasteiger partial charge in [0.25, 0.3) is 5.91 Å². The Balaban J connectivity index is 0.00000225. The van der Waals surface area contributed by atoms with E-state index in [1.807, 2.05) is 38.1 Å². The Kier molecular flexibility index (Phi) is 4.82. The number of halogens is 3. The summed E-state index contributed by atoms with van der Waals surface area (Å²) in [6.45, 7) is 3.94. The van der Waals surface area contributed by atoms with Crippen LogP contribution in [0.15, 0.2) is 59.9 Å². The van der Waals surface area contributed by atoms with Gasteiger partial charge in [-0.2, -0.15) is 13.2 Å². The van der Waals surface area contributed by atoms with Gasteiger partial charge in [0.15, 0.2) is 0 Å². The summed E-state index contributed by atoms with van der Waals surface area (Å²) in [5, 5.41) is 6.22. The SMILES string of the molecule is CC(C)C1=C2C(=O)N(c3ccc(C(F)(F)F)cc3)NN2c2ccccc2N1.O. The van der Waals surface area contributed by atoms with Crippen molar-refractivity contribution in [3.63, 3.8) is 0 Å². The lowest BCUT2D eigenvalue weighted by Gasteiger charge is -2.30. The summed E-state index contributed by atoms with van der Waals surface area (Å²) >= 11 is 0. The van der Waals surface area contributed by atoms with Crippen molar-refractivity contribution in [2.75, 3.05) is 15.3 Å². The van der Waals surface area contributed by atoms with E-state index >= 15 is 0 Å². The number of rotatable bonds is 2. The van der Waals surface area contributed by atoms with Crippen LogP contribution in [-0.2, 0) is 11.0 Å². The number of hydrazine groups is 2. The van der Waals surface area contributed by atoms with Crippen molar-refractivity contribution < 1.29 is 23.4 Å². The first-order chi connectivity index (χ1) is 12.8. The molecule has 148 valence electrons. The highest BCUT2D eigenvalue weighted by molar-refractivity contribution is 6.12. The minimum absolute atomic E-state index is 0. The van der Waals surface area contributed by atoms with Crippen molar-refractivity contribution in [2.24, 2.45) is 5.92 Å². The van der Waals surface area contributed by atoms with Crippen LogP contribution in [0.25, 0.3) is 0 Å². The van der Waals surface area contributed by atoms with Crippen molar-refractivity contribution in [3.05, 3.63) is 65.5 Å². The highest BCUT2D eigenvalue weighted by Crippen LogP contribution is 2.40. The topological polar surface area (TPSA) is 79.1 Å². The highest BCUT2D eigenvalue weighted by atomic mass is 19.4. The van der Waals surface area contributed by atoms with Gasteiger partial charge in [0, 0.05) is 5.70 Å². The number of alkyl halides is 3. The van der Waals surface area contributed by atoms with Gasteiger partial charge in [-0.15, -0.1) is 5.53 Å². The first-order valence-electron chi connectivity index (χ1n) is 8.45. The van der Waals surface area contributed by atoms with Crippen LogP contribution in [0.4, 0.5) is 30.2 Å². The molecule has 0 atom stereocenters. The van der Waals surface area contributed by atoms with Crippen molar-refractivity contribution in [1.82, 2.24) is 5.53 Å². The number of hydrogen-bond donors (Lipinski definition) is 2.